The van der Waals surface area contributed by atoms with E-state index in [-0.39, 0.29) is 25.4 Å². The van der Waals surface area contributed by atoms with Crippen molar-refractivity contribution in [3.63, 3.8) is 0 Å². The molecule has 0 saturated carbocycles. The van der Waals surface area contributed by atoms with Crippen LogP contribution in [-0.2, 0) is 31.8 Å². The Hall–Kier alpha value is -2.90. The van der Waals surface area contributed by atoms with Gasteiger partial charge >= 0.3 is 18.2 Å². The lowest BCUT2D eigenvalue weighted by Crippen LogP contribution is -2.50. The molecule has 0 radical (unpaired) electrons. The number of carboxylic acid groups (broad SMARTS) is 1. The number of rotatable bonds is 12. The van der Waals surface area contributed by atoms with Crippen molar-refractivity contribution in [2.75, 3.05) is 19.6 Å². The molecule has 1 heterocycles. The molecule has 0 aromatic heterocycles. The molecule has 1 aromatic rings. The van der Waals surface area contributed by atoms with Crippen molar-refractivity contribution in [3.8, 4) is 0 Å². The van der Waals surface area contributed by atoms with Crippen LogP contribution in [0.3, 0.4) is 0 Å². The van der Waals surface area contributed by atoms with Crippen molar-refractivity contribution in [2.24, 2.45) is 11.8 Å². The SMILES string of the molecule is CC(C)(C)OC(=O)NC(Cc1ccc(C(F)(F)F)cc1)C(=O)N1CC(CCCNOC(C)(C)C(C)(C)O)[C@H](C(=O)O)C1. The minimum Gasteiger partial charge on any atom is -0.481 e. The molecule has 1 aliphatic rings. The summed E-state index contributed by atoms with van der Waals surface area (Å²) in [5.74, 6) is -2.82. The van der Waals surface area contributed by atoms with Crippen LogP contribution in [0.5, 0.6) is 0 Å². The maximum Gasteiger partial charge on any atom is 0.416 e. The summed E-state index contributed by atoms with van der Waals surface area (Å²) >= 11 is 0. The molecule has 1 saturated heterocycles. The van der Waals surface area contributed by atoms with Gasteiger partial charge in [-0.1, -0.05) is 12.1 Å². The van der Waals surface area contributed by atoms with E-state index in [1.165, 1.54) is 17.0 Å². The number of halogens is 3. The summed E-state index contributed by atoms with van der Waals surface area (Å²) < 4.78 is 44.3. The van der Waals surface area contributed by atoms with E-state index in [9.17, 15) is 37.8 Å². The maximum atomic E-state index is 13.6. The van der Waals surface area contributed by atoms with Crippen LogP contribution in [0.25, 0.3) is 0 Å². The molecule has 42 heavy (non-hydrogen) atoms. The van der Waals surface area contributed by atoms with E-state index in [2.05, 4.69) is 10.8 Å². The molecule has 13 heteroatoms. The third-order valence-corrected chi connectivity index (χ3v) is 7.43. The van der Waals surface area contributed by atoms with Gasteiger partial charge in [0.05, 0.1) is 17.1 Å². The lowest BCUT2D eigenvalue weighted by Gasteiger charge is -2.36. The summed E-state index contributed by atoms with van der Waals surface area (Å²) in [7, 11) is 0. The number of alkyl carbamates (subject to hydrolysis) is 1. The molecule has 3 atom stereocenters. The maximum absolute atomic E-state index is 13.6. The number of nitrogens with zero attached hydrogens (tertiary/aromatic N) is 1. The quantitative estimate of drug-likeness (QED) is 0.207. The van der Waals surface area contributed by atoms with E-state index in [0.717, 1.165) is 12.1 Å². The first-order valence-corrected chi connectivity index (χ1v) is 13.9. The second-order valence-electron chi connectivity index (χ2n) is 12.8. The van der Waals surface area contributed by atoms with Crippen LogP contribution in [0, 0.1) is 11.8 Å². The molecule has 0 spiro atoms. The monoisotopic (exact) mass is 603 g/mol. The zero-order valence-electron chi connectivity index (χ0n) is 25.3. The number of hydrogen-bond donors (Lipinski definition) is 4. The average molecular weight is 604 g/mol. The highest BCUT2D eigenvalue weighted by Crippen LogP contribution is 2.31. The number of carboxylic acids is 1. The highest BCUT2D eigenvalue weighted by atomic mass is 19.4. The zero-order chi connectivity index (χ0) is 32.1. The van der Waals surface area contributed by atoms with E-state index < -0.39 is 58.5 Å². The van der Waals surface area contributed by atoms with Crippen LogP contribution in [0.1, 0.15) is 72.4 Å². The number of carbonyl (C=O) groups excluding carboxylic acids is 2. The molecule has 2 amide bonds. The largest absolute Gasteiger partial charge is 0.481 e. The molecule has 1 aliphatic heterocycles. The number of nitrogens with one attached hydrogen (secondary N) is 2. The predicted molar refractivity (Wildman–Crippen MR) is 148 cm³/mol. The molecule has 1 aromatic carbocycles. The number of amides is 2. The van der Waals surface area contributed by atoms with Crippen LogP contribution >= 0.6 is 0 Å². The number of carbonyl (C=O) groups is 3. The molecule has 0 bridgehead atoms. The highest BCUT2D eigenvalue weighted by molar-refractivity contribution is 5.87. The van der Waals surface area contributed by atoms with Gasteiger partial charge in [0.25, 0.3) is 0 Å². The van der Waals surface area contributed by atoms with Crippen LogP contribution in [0.4, 0.5) is 18.0 Å². The van der Waals surface area contributed by atoms with E-state index in [1.807, 2.05) is 0 Å². The van der Waals surface area contributed by atoms with E-state index in [4.69, 9.17) is 9.57 Å². The van der Waals surface area contributed by atoms with Gasteiger partial charge in [-0.2, -0.15) is 13.2 Å². The molecular formula is C29H44F3N3O7. The molecule has 10 nitrogen and oxygen atoms in total. The van der Waals surface area contributed by atoms with Gasteiger partial charge in [0.1, 0.15) is 17.2 Å². The first-order valence-electron chi connectivity index (χ1n) is 13.9. The van der Waals surface area contributed by atoms with Gasteiger partial charge in [0.2, 0.25) is 5.91 Å². The van der Waals surface area contributed by atoms with Crippen molar-refractivity contribution in [3.05, 3.63) is 35.4 Å². The standard InChI is InChI=1S/C29H44F3N3O7/c1-26(2,3)41-25(39)34-22(15-18-10-12-20(13-11-18)29(30,31)32)23(36)35-16-19(21(17-35)24(37)38)9-8-14-33-42-28(6,7)27(4,5)40/h10-13,19,21-22,33,40H,8-9,14-17H2,1-7H3,(H,34,39)(H,37,38)/t19?,21-,22?/m1/s1. The third kappa shape index (κ3) is 10.4. The first kappa shape index (κ1) is 35.3. The molecule has 0 aliphatic carbocycles. The van der Waals surface area contributed by atoms with Gasteiger partial charge in [0.15, 0.2) is 0 Å². The van der Waals surface area contributed by atoms with Crippen LogP contribution in [0.2, 0.25) is 0 Å². The first-order chi connectivity index (χ1) is 19.1. The van der Waals surface area contributed by atoms with Crippen LogP contribution < -0.4 is 10.8 Å². The lowest BCUT2D eigenvalue weighted by molar-refractivity contribution is -0.183. The van der Waals surface area contributed by atoms with Gasteiger partial charge in [-0.25, -0.2) is 10.3 Å². The Morgan fingerprint density at radius 3 is 2.12 bits per heavy atom. The fourth-order valence-electron chi connectivity index (χ4n) is 4.35. The van der Waals surface area contributed by atoms with Gasteiger partial charge in [-0.05, 0) is 84.9 Å². The van der Waals surface area contributed by atoms with Crippen molar-refractivity contribution in [2.45, 2.75) is 96.7 Å². The van der Waals surface area contributed by atoms with Gasteiger partial charge in [0, 0.05) is 26.1 Å². The Balaban J connectivity index is 2.12. The smallest absolute Gasteiger partial charge is 0.416 e. The fraction of sp³-hybridized carbons (Fsp3) is 0.690. The Morgan fingerprint density at radius 1 is 1.02 bits per heavy atom. The van der Waals surface area contributed by atoms with Crippen molar-refractivity contribution < 1.29 is 47.3 Å². The summed E-state index contributed by atoms with van der Waals surface area (Å²) in [4.78, 5) is 45.1. The Bertz CT molecular complexity index is 1080. The third-order valence-electron chi connectivity index (χ3n) is 7.43. The second-order valence-corrected chi connectivity index (χ2v) is 12.8. The van der Waals surface area contributed by atoms with E-state index in [0.29, 0.717) is 24.9 Å². The number of ether oxygens (including phenoxy) is 1. The minimum absolute atomic E-state index is 0.0754. The van der Waals surface area contributed by atoms with E-state index in [1.54, 1.807) is 48.5 Å². The lowest BCUT2D eigenvalue weighted by atomic mass is 9.90. The number of likely N-dealkylation sites (tertiary alicyclic amines) is 1. The summed E-state index contributed by atoms with van der Waals surface area (Å²) in [6.07, 6.45) is -4.52. The molecule has 238 valence electrons. The Morgan fingerprint density at radius 2 is 1.62 bits per heavy atom. The highest BCUT2D eigenvalue weighted by Gasteiger charge is 2.42. The normalized spacial score (nSPS) is 19.0. The molecule has 2 unspecified atom stereocenters. The average Bonchev–Trinajstić information content (AvgIpc) is 3.25. The molecule has 4 N–H and O–H groups in total. The minimum atomic E-state index is -4.52. The number of alkyl halides is 3. The van der Waals surface area contributed by atoms with Crippen LogP contribution in [0.15, 0.2) is 24.3 Å². The van der Waals surface area contributed by atoms with Gasteiger partial charge < -0.3 is 25.2 Å². The van der Waals surface area contributed by atoms with Crippen LogP contribution in [-0.4, -0.2) is 75.6 Å². The van der Waals surface area contributed by atoms with Gasteiger partial charge in [-0.15, -0.1) is 0 Å². The summed E-state index contributed by atoms with van der Waals surface area (Å²) in [6, 6.07) is 3.08. The molecule has 2 rings (SSSR count). The number of aliphatic hydroxyl groups is 1. The summed E-state index contributed by atoms with van der Waals surface area (Å²) in [5, 5.41) is 22.5. The van der Waals surface area contributed by atoms with Crippen molar-refractivity contribution >= 4 is 18.0 Å². The predicted octanol–water partition coefficient (Wildman–Crippen LogP) is 4.15. The number of hydroxylamine groups is 1. The van der Waals surface area contributed by atoms with Crippen molar-refractivity contribution in [1.82, 2.24) is 15.7 Å². The van der Waals surface area contributed by atoms with E-state index >= 15 is 0 Å². The Labute approximate surface area is 244 Å². The second kappa shape index (κ2) is 13.6. The Kier molecular flexibility index (Phi) is 11.4. The fourth-order valence-corrected chi connectivity index (χ4v) is 4.35. The number of aliphatic carboxylic acids is 1. The zero-order valence-corrected chi connectivity index (χ0v) is 25.3. The van der Waals surface area contributed by atoms with Gasteiger partial charge in [-0.3, -0.25) is 14.4 Å². The molecular weight excluding hydrogens is 559 g/mol. The molecule has 1 fully saturated rings. The van der Waals surface area contributed by atoms with Crippen molar-refractivity contribution in [1.29, 1.82) is 0 Å². The number of benzene rings is 1. The topological polar surface area (TPSA) is 137 Å². The summed E-state index contributed by atoms with van der Waals surface area (Å²) in [5.41, 5.74) is -0.499. The number of hydrogen-bond acceptors (Lipinski definition) is 7. The summed E-state index contributed by atoms with van der Waals surface area (Å²) in [6.45, 7) is 12.1.